The first-order valence-corrected chi connectivity index (χ1v) is 3.56. The van der Waals surface area contributed by atoms with E-state index in [1.165, 1.54) is 7.11 Å². The van der Waals surface area contributed by atoms with E-state index in [4.69, 9.17) is 5.11 Å². The maximum absolute atomic E-state index is 13.0. The molecule has 0 spiro atoms. The molecule has 0 aliphatic carbocycles. The Morgan fingerprint density at radius 2 is 2.43 bits per heavy atom. The largest absolute Gasteiger partial charge is 0.481 e. The zero-order valence-corrected chi connectivity index (χ0v) is 7.16. The first kappa shape index (κ1) is 10.4. The highest BCUT2D eigenvalue weighted by Crippen LogP contribution is 2.33. The lowest BCUT2D eigenvalue weighted by atomic mass is 10.2. The Morgan fingerprint density at radius 1 is 1.79 bits per heavy atom. The molecule has 78 valence electrons. The summed E-state index contributed by atoms with van der Waals surface area (Å²) < 4.78 is 34.7. The molecule has 0 saturated carbocycles. The molecular formula is C7H7F2NO4. The molecule has 1 aromatic heterocycles. The Kier molecular flexibility index (Phi) is 2.68. The van der Waals surface area contributed by atoms with E-state index in [0.717, 1.165) is 6.07 Å². The number of aromatic nitrogens is 1. The average Bonchev–Trinajstić information content (AvgIpc) is 2.49. The number of hydrogen-bond acceptors (Lipinski definition) is 4. The van der Waals surface area contributed by atoms with Gasteiger partial charge in [0, 0.05) is 0 Å². The maximum Gasteiger partial charge on any atom is 0.317 e. The number of carboxylic acids is 1. The third-order valence-corrected chi connectivity index (χ3v) is 1.43. The van der Waals surface area contributed by atoms with Gasteiger partial charge >= 0.3 is 11.9 Å². The average molecular weight is 207 g/mol. The molecule has 0 fully saturated rings. The summed E-state index contributed by atoms with van der Waals surface area (Å²) in [7, 11) is 1.23. The van der Waals surface area contributed by atoms with Crippen LogP contribution in [0.25, 0.3) is 0 Å². The molecule has 0 atom stereocenters. The quantitative estimate of drug-likeness (QED) is 0.804. The van der Waals surface area contributed by atoms with Crippen LogP contribution >= 0.6 is 0 Å². The Morgan fingerprint density at radius 3 is 2.86 bits per heavy atom. The molecule has 0 bridgehead atoms. The fraction of sp³-hybridized carbons (Fsp3) is 0.429. The molecule has 14 heavy (non-hydrogen) atoms. The lowest BCUT2D eigenvalue weighted by molar-refractivity contribution is -0.147. The van der Waals surface area contributed by atoms with E-state index < -0.39 is 24.1 Å². The molecule has 7 heteroatoms. The molecule has 0 unspecified atom stereocenters. The lowest BCUT2D eigenvalue weighted by Gasteiger charge is -2.08. The summed E-state index contributed by atoms with van der Waals surface area (Å²) in [6, 6.07) is 0.850. The summed E-state index contributed by atoms with van der Waals surface area (Å²) in [6.07, 6.45) is -1.34. The predicted octanol–water partition coefficient (Wildman–Crippen LogP) is 1.25. The van der Waals surface area contributed by atoms with Crippen molar-refractivity contribution in [3.8, 4) is 5.88 Å². The standard InChI is InChI=1S/C7H7F2NO4/c1-13-5-2-4(14-10-5)7(8,9)3-6(11)12/h2H,3H2,1H3,(H,11,12). The van der Waals surface area contributed by atoms with Crippen LogP contribution in [0, 0.1) is 0 Å². The third kappa shape index (κ3) is 2.18. The Hall–Kier alpha value is -1.66. The summed E-state index contributed by atoms with van der Waals surface area (Å²) >= 11 is 0. The predicted molar refractivity (Wildman–Crippen MR) is 39.2 cm³/mol. The summed E-state index contributed by atoms with van der Waals surface area (Å²) in [5.41, 5.74) is 0. The SMILES string of the molecule is COc1cc(C(F)(F)CC(=O)O)on1. The van der Waals surface area contributed by atoms with Gasteiger partial charge in [0.15, 0.2) is 0 Å². The molecule has 0 aromatic carbocycles. The molecule has 0 amide bonds. The third-order valence-electron chi connectivity index (χ3n) is 1.43. The topological polar surface area (TPSA) is 72.6 Å². The van der Waals surface area contributed by atoms with Gasteiger partial charge in [-0.3, -0.25) is 4.79 Å². The number of aliphatic carboxylic acids is 1. The van der Waals surface area contributed by atoms with Gasteiger partial charge in [0.1, 0.15) is 6.42 Å². The second-order valence-electron chi connectivity index (χ2n) is 2.51. The van der Waals surface area contributed by atoms with E-state index in [9.17, 15) is 13.6 Å². The number of hydrogen-bond donors (Lipinski definition) is 1. The molecular weight excluding hydrogens is 200 g/mol. The number of carboxylic acid groups (broad SMARTS) is 1. The van der Waals surface area contributed by atoms with Crippen molar-refractivity contribution in [1.29, 1.82) is 0 Å². The first-order chi connectivity index (χ1) is 6.45. The Bertz CT molecular complexity index is 336. The van der Waals surface area contributed by atoms with E-state index in [1.54, 1.807) is 0 Å². The zero-order chi connectivity index (χ0) is 10.8. The minimum atomic E-state index is -3.57. The lowest BCUT2D eigenvalue weighted by Crippen LogP contribution is -2.17. The van der Waals surface area contributed by atoms with Crippen molar-refractivity contribution < 1.29 is 27.9 Å². The maximum atomic E-state index is 13.0. The normalized spacial score (nSPS) is 11.4. The highest BCUT2D eigenvalue weighted by atomic mass is 19.3. The van der Waals surface area contributed by atoms with E-state index in [0.29, 0.717) is 0 Å². The number of methoxy groups -OCH3 is 1. The number of alkyl halides is 2. The molecule has 1 rings (SSSR count). The smallest absolute Gasteiger partial charge is 0.317 e. The van der Waals surface area contributed by atoms with Gasteiger partial charge in [-0.25, -0.2) is 0 Å². The first-order valence-electron chi connectivity index (χ1n) is 3.56. The summed E-state index contributed by atoms with van der Waals surface area (Å²) in [5, 5.41) is 11.3. The van der Waals surface area contributed by atoms with Gasteiger partial charge in [0.25, 0.3) is 5.88 Å². The van der Waals surface area contributed by atoms with Crippen LogP contribution in [0.2, 0.25) is 0 Å². The second-order valence-corrected chi connectivity index (χ2v) is 2.51. The molecule has 0 radical (unpaired) electrons. The van der Waals surface area contributed by atoms with Crippen LogP contribution < -0.4 is 4.74 Å². The number of nitrogens with zero attached hydrogens (tertiary/aromatic N) is 1. The molecule has 0 saturated heterocycles. The summed E-state index contributed by atoms with van der Waals surface area (Å²) in [6.45, 7) is 0. The van der Waals surface area contributed by atoms with Gasteiger partial charge in [-0.2, -0.15) is 8.78 Å². The number of halogens is 2. The van der Waals surface area contributed by atoms with Gasteiger partial charge in [-0.05, 0) is 5.16 Å². The highest BCUT2D eigenvalue weighted by Gasteiger charge is 2.39. The van der Waals surface area contributed by atoms with Crippen LogP contribution in [0.1, 0.15) is 12.2 Å². The highest BCUT2D eigenvalue weighted by molar-refractivity contribution is 5.68. The van der Waals surface area contributed by atoms with Gasteiger partial charge in [-0.1, -0.05) is 0 Å². The zero-order valence-electron chi connectivity index (χ0n) is 7.16. The monoisotopic (exact) mass is 207 g/mol. The molecule has 5 nitrogen and oxygen atoms in total. The van der Waals surface area contributed by atoms with Crippen LogP contribution in [0.15, 0.2) is 10.6 Å². The van der Waals surface area contributed by atoms with Crippen LogP contribution in [0.5, 0.6) is 5.88 Å². The molecule has 0 aliphatic heterocycles. The fourth-order valence-electron chi connectivity index (χ4n) is 0.805. The van der Waals surface area contributed by atoms with E-state index >= 15 is 0 Å². The van der Waals surface area contributed by atoms with Crippen molar-refractivity contribution in [1.82, 2.24) is 5.16 Å². The van der Waals surface area contributed by atoms with Crippen molar-refractivity contribution in [2.24, 2.45) is 0 Å². The number of carbonyl (C=O) groups is 1. The summed E-state index contributed by atoms with van der Waals surface area (Å²) in [4.78, 5) is 10.1. The number of rotatable bonds is 4. The molecule has 0 aliphatic rings. The van der Waals surface area contributed by atoms with E-state index in [-0.39, 0.29) is 5.88 Å². The van der Waals surface area contributed by atoms with Crippen molar-refractivity contribution >= 4 is 5.97 Å². The van der Waals surface area contributed by atoms with Gasteiger partial charge < -0.3 is 14.4 Å². The van der Waals surface area contributed by atoms with Crippen molar-refractivity contribution in [2.75, 3.05) is 7.11 Å². The van der Waals surface area contributed by atoms with Gasteiger partial charge in [0.2, 0.25) is 5.76 Å². The Labute approximate surface area is 77.3 Å². The number of ether oxygens (including phenoxy) is 1. The van der Waals surface area contributed by atoms with Crippen molar-refractivity contribution in [3.05, 3.63) is 11.8 Å². The van der Waals surface area contributed by atoms with Crippen LogP contribution in [0.3, 0.4) is 0 Å². The van der Waals surface area contributed by atoms with Crippen LogP contribution in [-0.2, 0) is 10.7 Å². The van der Waals surface area contributed by atoms with Gasteiger partial charge in [0.05, 0.1) is 13.2 Å². The second kappa shape index (κ2) is 3.60. The molecule has 1 heterocycles. The van der Waals surface area contributed by atoms with Crippen molar-refractivity contribution in [2.45, 2.75) is 12.3 Å². The minimum Gasteiger partial charge on any atom is -0.481 e. The van der Waals surface area contributed by atoms with E-state index in [2.05, 4.69) is 14.4 Å². The van der Waals surface area contributed by atoms with Crippen LogP contribution in [-0.4, -0.2) is 23.3 Å². The molecule has 1 N–H and O–H groups in total. The van der Waals surface area contributed by atoms with E-state index in [1.807, 2.05) is 0 Å². The molecule has 1 aromatic rings. The Balaban J connectivity index is 2.85. The van der Waals surface area contributed by atoms with Crippen molar-refractivity contribution in [3.63, 3.8) is 0 Å². The van der Waals surface area contributed by atoms with Crippen LogP contribution in [0.4, 0.5) is 8.78 Å². The fourth-order valence-corrected chi connectivity index (χ4v) is 0.805. The summed E-state index contributed by atoms with van der Waals surface area (Å²) in [5.74, 6) is -6.14. The van der Waals surface area contributed by atoms with Gasteiger partial charge in [-0.15, -0.1) is 0 Å². The minimum absolute atomic E-state index is 0.120.